The molecule has 3 aromatic carbocycles. The van der Waals surface area contributed by atoms with Gasteiger partial charge in [-0.1, -0.05) is 36.4 Å². The van der Waals surface area contributed by atoms with E-state index >= 15 is 0 Å². The van der Waals surface area contributed by atoms with Crippen molar-refractivity contribution in [2.24, 2.45) is 0 Å². The van der Waals surface area contributed by atoms with Crippen LogP contribution in [0.1, 0.15) is 5.56 Å². The van der Waals surface area contributed by atoms with Gasteiger partial charge in [0.2, 0.25) is 5.91 Å². The summed E-state index contributed by atoms with van der Waals surface area (Å²) in [6.07, 6.45) is 1.87. The third-order valence-electron chi connectivity index (χ3n) is 5.57. The lowest BCUT2D eigenvalue weighted by Crippen LogP contribution is -2.35. The Morgan fingerprint density at radius 1 is 1.09 bits per heavy atom. The number of hydrogen-bond donors (Lipinski definition) is 2. The lowest BCUT2D eigenvalue weighted by atomic mass is 10.1. The summed E-state index contributed by atoms with van der Waals surface area (Å²) in [5, 5.41) is 4.03. The van der Waals surface area contributed by atoms with Crippen LogP contribution < -0.4 is 15.1 Å². The molecule has 1 aliphatic rings. The molecule has 0 atom stereocenters. The number of aromatic amines is 1. The average molecular weight is 443 g/mol. The summed E-state index contributed by atoms with van der Waals surface area (Å²) >= 11 is 1.53. The van der Waals surface area contributed by atoms with Gasteiger partial charge < -0.3 is 15.2 Å². The highest BCUT2D eigenvalue weighted by atomic mass is 32.2. The Morgan fingerprint density at radius 2 is 1.94 bits per heavy atom. The van der Waals surface area contributed by atoms with E-state index in [1.54, 1.807) is 16.8 Å². The summed E-state index contributed by atoms with van der Waals surface area (Å²) in [6, 6.07) is 23.2. The van der Waals surface area contributed by atoms with E-state index in [1.807, 2.05) is 79.0 Å². The summed E-state index contributed by atoms with van der Waals surface area (Å²) in [6.45, 7) is 0.503. The van der Waals surface area contributed by atoms with Crippen molar-refractivity contribution in [3.05, 3.63) is 84.6 Å². The van der Waals surface area contributed by atoms with Crippen LogP contribution in [-0.2, 0) is 11.3 Å². The molecule has 3 amide bonds. The van der Waals surface area contributed by atoms with Crippen molar-refractivity contribution in [1.82, 2.24) is 4.98 Å². The lowest BCUT2D eigenvalue weighted by Gasteiger charge is -2.30. The van der Waals surface area contributed by atoms with Crippen LogP contribution in [0.3, 0.4) is 0 Å². The quantitative estimate of drug-likeness (QED) is 0.440. The molecule has 0 spiro atoms. The highest BCUT2D eigenvalue weighted by molar-refractivity contribution is 8.00. The summed E-state index contributed by atoms with van der Waals surface area (Å²) in [4.78, 5) is 33.2. The van der Waals surface area contributed by atoms with Crippen molar-refractivity contribution in [3.63, 3.8) is 0 Å². The van der Waals surface area contributed by atoms with Gasteiger partial charge in [-0.2, -0.15) is 0 Å². The van der Waals surface area contributed by atoms with E-state index in [9.17, 15) is 9.59 Å². The highest BCUT2D eigenvalue weighted by Gasteiger charge is 2.26. The van der Waals surface area contributed by atoms with Gasteiger partial charge in [-0.3, -0.25) is 9.69 Å². The molecule has 0 fully saturated rings. The van der Waals surface area contributed by atoms with Crippen molar-refractivity contribution in [2.75, 3.05) is 27.9 Å². The summed E-state index contributed by atoms with van der Waals surface area (Å²) in [5.74, 6) is 0.478. The maximum Gasteiger partial charge on any atom is 0.326 e. The second-order valence-electron chi connectivity index (χ2n) is 7.68. The number of benzene rings is 3. The minimum Gasteiger partial charge on any atom is -0.361 e. The van der Waals surface area contributed by atoms with E-state index in [0.717, 1.165) is 32.7 Å². The second kappa shape index (κ2) is 8.43. The van der Waals surface area contributed by atoms with Crippen LogP contribution in [0, 0.1) is 0 Å². The molecule has 2 N–H and O–H groups in total. The minimum absolute atomic E-state index is 0.0647. The molecular weight excluding hydrogens is 420 g/mol. The number of aromatic nitrogens is 1. The molecule has 0 bridgehead atoms. The monoisotopic (exact) mass is 442 g/mol. The Hall–Kier alpha value is -3.71. The van der Waals surface area contributed by atoms with Gasteiger partial charge in [-0.05, 0) is 47.3 Å². The van der Waals surface area contributed by atoms with E-state index in [0.29, 0.717) is 18.0 Å². The van der Waals surface area contributed by atoms with Crippen molar-refractivity contribution in [2.45, 2.75) is 11.4 Å². The Kier molecular flexibility index (Phi) is 5.33. The molecule has 0 unspecified atom stereocenters. The van der Waals surface area contributed by atoms with Crippen molar-refractivity contribution in [3.8, 4) is 0 Å². The molecule has 0 radical (unpaired) electrons. The molecule has 4 aromatic rings. The number of nitrogens with zero attached hydrogens (tertiary/aromatic N) is 2. The van der Waals surface area contributed by atoms with Crippen LogP contribution in [0.4, 0.5) is 21.9 Å². The fourth-order valence-corrected chi connectivity index (χ4v) is 4.70. The molecule has 160 valence electrons. The van der Waals surface area contributed by atoms with E-state index in [-0.39, 0.29) is 11.9 Å². The number of nitrogens with one attached hydrogen (secondary N) is 2. The predicted octanol–water partition coefficient (Wildman–Crippen LogP) is 5.48. The number of amides is 3. The van der Waals surface area contributed by atoms with Crippen LogP contribution in [0.2, 0.25) is 0 Å². The first kappa shape index (κ1) is 20.2. The van der Waals surface area contributed by atoms with Gasteiger partial charge in [0.1, 0.15) is 0 Å². The molecule has 1 aromatic heterocycles. The number of carbonyl (C=O) groups is 2. The van der Waals surface area contributed by atoms with Crippen LogP contribution >= 0.6 is 11.8 Å². The first-order valence-electron chi connectivity index (χ1n) is 10.3. The van der Waals surface area contributed by atoms with Gasteiger partial charge in [0.05, 0.1) is 18.0 Å². The number of anilines is 3. The average Bonchev–Trinajstić information content (AvgIpc) is 3.29. The zero-order chi connectivity index (χ0) is 22.1. The number of H-pyrrole nitrogens is 1. The van der Waals surface area contributed by atoms with Crippen LogP contribution in [0.15, 0.2) is 83.9 Å². The largest absolute Gasteiger partial charge is 0.361 e. The molecule has 0 saturated carbocycles. The third kappa shape index (κ3) is 3.94. The Morgan fingerprint density at radius 3 is 2.78 bits per heavy atom. The van der Waals surface area contributed by atoms with Gasteiger partial charge in [0.15, 0.2) is 0 Å². The van der Waals surface area contributed by atoms with E-state index in [4.69, 9.17) is 0 Å². The molecule has 2 heterocycles. The number of hydrogen-bond acceptors (Lipinski definition) is 3. The van der Waals surface area contributed by atoms with Crippen molar-refractivity contribution < 1.29 is 9.59 Å². The third-order valence-corrected chi connectivity index (χ3v) is 6.61. The highest BCUT2D eigenvalue weighted by Crippen LogP contribution is 2.38. The molecular formula is C25H22N4O2S. The smallest absolute Gasteiger partial charge is 0.326 e. The lowest BCUT2D eigenvalue weighted by molar-refractivity contribution is -0.116. The second-order valence-corrected chi connectivity index (χ2v) is 8.69. The van der Waals surface area contributed by atoms with E-state index in [2.05, 4.69) is 10.3 Å². The first-order valence-corrected chi connectivity index (χ1v) is 11.3. The van der Waals surface area contributed by atoms with Gasteiger partial charge in [-0.15, -0.1) is 11.8 Å². The van der Waals surface area contributed by atoms with Crippen molar-refractivity contribution in [1.29, 1.82) is 0 Å². The summed E-state index contributed by atoms with van der Waals surface area (Å²) < 4.78 is 0. The van der Waals surface area contributed by atoms with Crippen LogP contribution in [0.5, 0.6) is 0 Å². The maximum atomic E-state index is 12.9. The molecule has 0 aliphatic carbocycles. The zero-order valence-electron chi connectivity index (χ0n) is 17.5. The molecule has 6 nitrogen and oxygen atoms in total. The fraction of sp³-hybridized carbons (Fsp3) is 0.120. The van der Waals surface area contributed by atoms with Crippen molar-refractivity contribution >= 4 is 51.7 Å². The summed E-state index contributed by atoms with van der Waals surface area (Å²) in [5.41, 5.74) is 4.29. The van der Waals surface area contributed by atoms with Gasteiger partial charge >= 0.3 is 6.03 Å². The molecule has 32 heavy (non-hydrogen) atoms. The fourth-order valence-electron chi connectivity index (χ4n) is 3.79. The zero-order valence-corrected chi connectivity index (χ0v) is 18.4. The predicted molar refractivity (Wildman–Crippen MR) is 131 cm³/mol. The normalized spacial score (nSPS) is 13.2. The van der Waals surface area contributed by atoms with Crippen LogP contribution in [-0.4, -0.2) is 29.7 Å². The maximum absolute atomic E-state index is 12.9. The standard InChI is InChI=1S/C25H22N4O2S/c1-28(25(31)27-19-8-7-18-11-12-26-21(18)13-19)20-9-10-23-22(14-20)29(24(30)16-32-23)15-17-5-3-2-4-6-17/h2-14,26H,15-16H2,1H3,(H,27,31). The van der Waals surface area contributed by atoms with E-state index < -0.39 is 0 Å². The molecule has 0 saturated heterocycles. The topological polar surface area (TPSA) is 68.4 Å². The number of rotatable bonds is 4. The first-order chi connectivity index (χ1) is 15.6. The molecule has 7 heteroatoms. The van der Waals surface area contributed by atoms with Crippen LogP contribution in [0.25, 0.3) is 10.9 Å². The minimum atomic E-state index is -0.250. The SMILES string of the molecule is CN(C(=O)Nc1ccc2cc[nH]c2c1)c1ccc2c(c1)N(Cc1ccccc1)C(=O)CS2. The Bertz CT molecular complexity index is 1300. The Labute approximate surface area is 190 Å². The van der Waals surface area contributed by atoms with Gasteiger partial charge in [0, 0.05) is 35.0 Å². The number of fused-ring (bicyclic) bond motifs is 2. The number of carbonyl (C=O) groups excluding carboxylic acids is 2. The van der Waals surface area contributed by atoms with Gasteiger partial charge in [0.25, 0.3) is 0 Å². The number of urea groups is 1. The van der Waals surface area contributed by atoms with Gasteiger partial charge in [-0.25, -0.2) is 4.79 Å². The molecule has 1 aliphatic heterocycles. The molecule has 5 rings (SSSR count). The Balaban J connectivity index is 1.39. The summed E-state index contributed by atoms with van der Waals surface area (Å²) in [7, 11) is 1.73. The number of thioether (sulfide) groups is 1. The van der Waals surface area contributed by atoms with E-state index in [1.165, 1.54) is 11.8 Å².